The molecular formula is C26H35N7O3. The van der Waals surface area contributed by atoms with Crippen LogP contribution in [0.25, 0.3) is 10.9 Å². The first-order chi connectivity index (χ1) is 17.5. The molecule has 10 heteroatoms. The van der Waals surface area contributed by atoms with Crippen LogP contribution in [-0.4, -0.2) is 79.0 Å². The van der Waals surface area contributed by atoms with Crippen molar-refractivity contribution in [2.24, 2.45) is 5.92 Å². The van der Waals surface area contributed by atoms with Crippen LogP contribution >= 0.6 is 0 Å². The monoisotopic (exact) mass is 493 g/mol. The summed E-state index contributed by atoms with van der Waals surface area (Å²) in [5.41, 5.74) is 2.42. The minimum absolute atomic E-state index is 0.285. The smallest absolute Gasteiger partial charge is 0.229 e. The second kappa shape index (κ2) is 11.0. The van der Waals surface area contributed by atoms with Crippen LogP contribution in [0, 0.1) is 5.92 Å². The molecule has 2 fully saturated rings. The predicted molar refractivity (Wildman–Crippen MR) is 138 cm³/mol. The average Bonchev–Trinajstić information content (AvgIpc) is 2.90. The number of anilines is 3. The van der Waals surface area contributed by atoms with Gasteiger partial charge in [-0.2, -0.15) is 0 Å². The topological polar surface area (TPSA) is 131 Å². The Balaban J connectivity index is 1.32. The first-order valence-corrected chi connectivity index (χ1v) is 12.8. The standard InChI is InChI=1S/C26H35N7O3/c1-17(35)22-12-20-14-28-26(31-24(20)25(29-22)33-10-6-21(36)7-11-33)30-23-3-2-19(13-27-23)15-32-8-4-18(16-34)5-9-32/h2-3,12-14,17-18,21,34-36H,4-11,15-16H2,1H3,(H,27,28,30,31)/t17-/m1/s1. The van der Waals surface area contributed by atoms with E-state index in [1.54, 1.807) is 13.1 Å². The van der Waals surface area contributed by atoms with E-state index in [4.69, 9.17) is 9.97 Å². The van der Waals surface area contributed by atoms with Gasteiger partial charge in [-0.3, -0.25) is 4.90 Å². The van der Waals surface area contributed by atoms with Crippen LogP contribution in [0.1, 0.15) is 50.0 Å². The third-order valence-corrected chi connectivity index (χ3v) is 7.20. The van der Waals surface area contributed by atoms with E-state index in [1.807, 2.05) is 18.3 Å². The Labute approximate surface area is 211 Å². The van der Waals surface area contributed by atoms with Gasteiger partial charge in [0.05, 0.1) is 17.9 Å². The number of aliphatic hydroxyl groups is 3. The van der Waals surface area contributed by atoms with Gasteiger partial charge >= 0.3 is 0 Å². The van der Waals surface area contributed by atoms with Crippen molar-refractivity contribution in [2.45, 2.75) is 51.4 Å². The van der Waals surface area contributed by atoms with Crippen LogP contribution in [-0.2, 0) is 6.54 Å². The largest absolute Gasteiger partial charge is 0.396 e. The third kappa shape index (κ3) is 5.73. The molecule has 2 aliphatic heterocycles. The predicted octanol–water partition coefficient (Wildman–Crippen LogP) is 2.38. The van der Waals surface area contributed by atoms with Crippen LogP contribution in [0.5, 0.6) is 0 Å². The summed E-state index contributed by atoms with van der Waals surface area (Å²) in [5, 5.41) is 33.4. The highest BCUT2D eigenvalue weighted by Crippen LogP contribution is 2.29. The van der Waals surface area contributed by atoms with E-state index in [2.05, 4.69) is 31.2 Å². The van der Waals surface area contributed by atoms with Crippen molar-refractivity contribution in [3.8, 4) is 0 Å². The number of nitrogens with zero attached hydrogens (tertiary/aromatic N) is 6. The number of fused-ring (bicyclic) bond motifs is 1. The van der Waals surface area contributed by atoms with Gasteiger partial charge in [0.15, 0.2) is 5.82 Å². The van der Waals surface area contributed by atoms with E-state index in [9.17, 15) is 15.3 Å². The molecule has 5 rings (SSSR count). The maximum Gasteiger partial charge on any atom is 0.229 e. The zero-order valence-corrected chi connectivity index (χ0v) is 20.7. The van der Waals surface area contributed by atoms with Crippen LogP contribution in [0.4, 0.5) is 17.6 Å². The van der Waals surface area contributed by atoms with Gasteiger partial charge in [-0.1, -0.05) is 6.07 Å². The number of nitrogens with one attached hydrogen (secondary N) is 1. The summed E-state index contributed by atoms with van der Waals surface area (Å²) in [4.78, 5) is 23.0. The first-order valence-electron chi connectivity index (χ1n) is 12.8. The van der Waals surface area contributed by atoms with Gasteiger partial charge < -0.3 is 25.5 Å². The molecule has 0 aliphatic carbocycles. The Hall–Kier alpha value is -2.92. The van der Waals surface area contributed by atoms with Gasteiger partial charge in [-0.15, -0.1) is 0 Å². The van der Waals surface area contributed by atoms with E-state index in [-0.39, 0.29) is 12.7 Å². The van der Waals surface area contributed by atoms with Gasteiger partial charge in [0.2, 0.25) is 5.95 Å². The van der Waals surface area contributed by atoms with Crippen LogP contribution < -0.4 is 10.2 Å². The summed E-state index contributed by atoms with van der Waals surface area (Å²) in [6, 6.07) is 5.82. The molecule has 0 spiro atoms. The summed E-state index contributed by atoms with van der Waals surface area (Å²) in [5.74, 6) is 2.23. The molecule has 0 amide bonds. The molecule has 0 radical (unpaired) electrons. The van der Waals surface area contributed by atoms with E-state index in [0.29, 0.717) is 60.6 Å². The molecule has 0 saturated carbocycles. The van der Waals surface area contributed by atoms with Gasteiger partial charge in [0.25, 0.3) is 0 Å². The van der Waals surface area contributed by atoms with Crippen molar-refractivity contribution < 1.29 is 15.3 Å². The molecule has 36 heavy (non-hydrogen) atoms. The van der Waals surface area contributed by atoms with Crippen molar-refractivity contribution in [1.82, 2.24) is 24.8 Å². The molecule has 0 bridgehead atoms. The van der Waals surface area contributed by atoms with E-state index >= 15 is 0 Å². The van der Waals surface area contributed by atoms with Gasteiger partial charge in [-0.05, 0) is 69.3 Å². The number of rotatable bonds is 7. The Morgan fingerprint density at radius 1 is 1.03 bits per heavy atom. The minimum Gasteiger partial charge on any atom is -0.396 e. The van der Waals surface area contributed by atoms with Gasteiger partial charge in [0.1, 0.15) is 11.3 Å². The maximum absolute atomic E-state index is 10.2. The number of hydrogen-bond acceptors (Lipinski definition) is 10. The quantitative estimate of drug-likeness (QED) is 0.389. The fraction of sp³-hybridized carbons (Fsp3) is 0.538. The summed E-state index contributed by atoms with van der Waals surface area (Å²) >= 11 is 0. The highest BCUT2D eigenvalue weighted by atomic mass is 16.3. The summed E-state index contributed by atoms with van der Waals surface area (Å²) in [6.45, 7) is 6.19. The molecule has 1 atom stereocenters. The Kier molecular flexibility index (Phi) is 7.56. The number of hydrogen-bond donors (Lipinski definition) is 4. The van der Waals surface area contributed by atoms with Gasteiger partial charge in [-0.25, -0.2) is 19.9 Å². The van der Waals surface area contributed by atoms with Crippen LogP contribution in [0.2, 0.25) is 0 Å². The van der Waals surface area contributed by atoms with E-state index in [1.165, 1.54) is 0 Å². The first kappa shape index (κ1) is 24.8. The normalized spacial score (nSPS) is 19.1. The Bertz CT molecular complexity index is 1160. The number of piperidine rings is 2. The number of aliphatic hydroxyl groups excluding tert-OH is 3. The van der Waals surface area contributed by atoms with Crippen molar-refractivity contribution in [2.75, 3.05) is 43.0 Å². The molecule has 2 aliphatic rings. The van der Waals surface area contributed by atoms with Crippen molar-refractivity contribution in [1.29, 1.82) is 0 Å². The van der Waals surface area contributed by atoms with Crippen molar-refractivity contribution >= 4 is 28.5 Å². The number of aromatic nitrogens is 4. The average molecular weight is 494 g/mol. The molecule has 4 N–H and O–H groups in total. The fourth-order valence-electron chi connectivity index (χ4n) is 4.91. The lowest BCUT2D eigenvalue weighted by molar-refractivity contribution is 0.127. The van der Waals surface area contributed by atoms with Crippen molar-refractivity contribution in [3.05, 3.63) is 41.9 Å². The summed E-state index contributed by atoms with van der Waals surface area (Å²) in [7, 11) is 0. The van der Waals surface area contributed by atoms with Crippen LogP contribution in [0.3, 0.4) is 0 Å². The number of likely N-dealkylation sites (tertiary alicyclic amines) is 1. The molecule has 10 nitrogen and oxygen atoms in total. The molecule has 3 aromatic heterocycles. The zero-order valence-electron chi connectivity index (χ0n) is 20.7. The molecule has 3 aromatic rings. The molecule has 192 valence electrons. The lowest BCUT2D eigenvalue weighted by Gasteiger charge is -2.31. The number of pyridine rings is 2. The lowest BCUT2D eigenvalue weighted by Crippen LogP contribution is -2.36. The molecule has 0 aromatic carbocycles. The van der Waals surface area contributed by atoms with E-state index < -0.39 is 6.10 Å². The summed E-state index contributed by atoms with van der Waals surface area (Å²) in [6.07, 6.45) is 6.05. The van der Waals surface area contributed by atoms with Crippen molar-refractivity contribution in [3.63, 3.8) is 0 Å². The minimum atomic E-state index is -0.704. The van der Waals surface area contributed by atoms with Crippen LogP contribution in [0.15, 0.2) is 30.6 Å². The Morgan fingerprint density at radius 3 is 2.47 bits per heavy atom. The van der Waals surface area contributed by atoms with E-state index in [0.717, 1.165) is 43.4 Å². The SMILES string of the molecule is C[C@@H](O)c1cc2cnc(Nc3ccc(CN4CCC(CO)CC4)cn3)nc2c(N2CCC(O)CC2)n1. The maximum atomic E-state index is 10.2. The summed E-state index contributed by atoms with van der Waals surface area (Å²) < 4.78 is 0. The second-order valence-corrected chi connectivity index (χ2v) is 9.98. The zero-order chi connectivity index (χ0) is 25.1. The van der Waals surface area contributed by atoms with Gasteiger partial charge in [0, 0.05) is 44.0 Å². The molecule has 2 saturated heterocycles. The highest BCUT2D eigenvalue weighted by Gasteiger charge is 2.23. The molecule has 5 heterocycles. The fourth-order valence-corrected chi connectivity index (χ4v) is 4.91. The second-order valence-electron chi connectivity index (χ2n) is 9.98. The lowest BCUT2D eigenvalue weighted by atomic mass is 9.98. The highest BCUT2D eigenvalue weighted by molar-refractivity contribution is 5.89. The molecule has 0 unspecified atom stereocenters. The Morgan fingerprint density at radius 2 is 1.81 bits per heavy atom. The molecular weight excluding hydrogens is 458 g/mol. The third-order valence-electron chi connectivity index (χ3n) is 7.20.